The smallest absolute Gasteiger partial charge is 0.350 e. The normalized spacial score (nSPS) is 13.2. The molecule has 0 radical (unpaired) electrons. The first-order valence-electron chi connectivity index (χ1n) is 8.40. The third kappa shape index (κ3) is 6.38. The van der Waals surface area contributed by atoms with Crippen molar-refractivity contribution in [3.63, 3.8) is 0 Å². The van der Waals surface area contributed by atoms with Gasteiger partial charge >= 0.3 is 6.18 Å². The minimum atomic E-state index is -4.56. The fourth-order valence-electron chi connectivity index (χ4n) is 2.53. The number of carbonyl (C=O) groups excluding carboxylic acids is 1. The Morgan fingerprint density at radius 1 is 1.10 bits per heavy atom. The zero-order chi connectivity index (χ0) is 21.9. The van der Waals surface area contributed by atoms with E-state index >= 15 is 0 Å². The molecule has 29 heavy (non-hydrogen) atoms. The van der Waals surface area contributed by atoms with Crippen LogP contribution in [0.3, 0.4) is 0 Å². The van der Waals surface area contributed by atoms with E-state index in [0.717, 1.165) is 18.2 Å². The lowest BCUT2D eigenvalue weighted by Gasteiger charge is -2.18. The highest BCUT2D eigenvalue weighted by Crippen LogP contribution is 2.41. The van der Waals surface area contributed by atoms with Gasteiger partial charge in [-0.1, -0.05) is 53.0 Å². The molecule has 0 saturated heterocycles. The van der Waals surface area contributed by atoms with Gasteiger partial charge in [0.15, 0.2) is 0 Å². The van der Waals surface area contributed by atoms with Crippen LogP contribution in [0.2, 0.25) is 15.1 Å². The fourth-order valence-corrected chi connectivity index (χ4v) is 3.72. The van der Waals surface area contributed by atoms with Gasteiger partial charge in [-0.15, -0.1) is 0 Å². The Morgan fingerprint density at radius 2 is 1.69 bits per heavy atom. The van der Waals surface area contributed by atoms with Crippen molar-refractivity contribution in [1.29, 1.82) is 0 Å². The number of rotatable bonds is 5. The number of nitrogens with one attached hydrogen (secondary N) is 1. The van der Waals surface area contributed by atoms with E-state index in [1.165, 1.54) is 6.08 Å². The summed E-state index contributed by atoms with van der Waals surface area (Å²) >= 11 is 20.9. The highest BCUT2D eigenvalue weighted by atomic mass is 79.9. The summed E-state index contributed by atoms with van der Waals surface area (Å²) in [6, 6.07) is 6.92. The number of hydrogen-bond donors (Lipinski definition) is 1. The molecule has 0 aliphatic rings. The van der Waals surface area contributed by atoms with Gasteiger partial charge < -0.3 is 5.32 Å². The Kier molecular flexibility index (Phi) is 8.08. The van der Waals surface area contributed by atoms with E-state index in [9.17, 15) is 18.0 Å². The summed E-state index contributed by atoms with van der Waals surface area (Å²) in [5.74, 6) is -2.21. The van der Waals surface area contributed by atoms with Gasteiger partial charge in [0.2, 0.25) is 0 Å². The molecule has 156 valence electrons. The van der Waals surface area contributed by atoms with Crippen LogP contribution < -0.4 is 5.32 Å². The lowest BCUT2D eigenvalue weighted by molar-refractivity contribution is -0.139. The standard InChI is InChI=1S/C20H16BrCl3F3NO/c1-10(2)28-19(29)13-5-3-11(7-15(13)21)4-6-14(20(25,26)27)12-8-16(22)18(24)17(23)9-12/h3-10,14H,1-2H3,(H,28,29)/b6-4+. The fraction of sp³-hybridized carbons (Fsp3) is 0.250. The average molecular weight is 530 g/mol. The van der Waals surface area contributed by atoms with Gasteiger partial charge in [0.05, 0.1) is 26.5 Å². The van der Waals surface area contributed by atoms with Crippen LogP contribution in [0, 0.1) is 0 Å². The molecule has 0 bridgehead atoms. The topological polar surface area (TPSA) is 29.1 Å². The van der Waals surface area contributed by atoms with E-state index in [0.29, 0.717) is 15.6 Å². The molecular formula is C20H16BrCl3F3NO. The largest absolute Gasteiger partial charge is 0.399 e. The molecule has 0 fully saturated rings. The molecule has 0 aliphatic carbocycles. The van der Waals surface area contributed by atoms with Crippen molar-refractivity contribution in [3.05, 3.63) is 72.6 Å². The summed E-state index contributed by atoms with van der Waals surface area (Å²) in [4.78, 5) is 12.1. The van der Waals surface area contributed by atoms with Crippen LogP contribution in [0.15, 0.2) is 40.9 Å². The van der Waals surface area contributed by atoms with Crippen LogP contribution >= 0.6 is 50.7 Å². The number of benzene rings is 2. The van der Waals surface area contributed by atoms with Crippen LogP contribution in [0.4, 0.5) is 13.2 Å². The van der Waals surface area contributed by atoms with E-state index in [1.807, 2.05) is 13.8 Å². The molecular weight excluding hydrogens is 513 g/mol. The maximum Gasteiger partial charge on any atom is 0.399 e. The van der Waals surface area contributed by atoms with E-state index in [-0.39, 0.29) is 32.6 Å². The van der Waals surface area contributed by atoms with Crippen molar-refractivity contribution in [2.75, 3.05) is 0 Å². The lowest BCUT2D eigenvalue weighted by atomic mass is 9.97. The molecule has 1 N–H and O–H groups in total. The Hall–Kier alpha value is -1.21. The van der Waals surface area contributed by atoms with E-state index in [4.69, 9.17) is 34.8 Å². The molecule has 0 heterocycles. The van der Waals surface area contributed by atoms with Crippen LogP contribution in [0.5, 0.6) is 0 Å². The van der Waals surface area contributed by atoms with Gasteiger partial charge in [-0.25, -0.2) is 0 Å². The molecule has 2 aromatic carbocycles. The zero-order valence-corrected chi connectivity index (χ0v) is 19.1. The van der Waals surface area contributed by atoms with Crippen molar-refractivity contribution in [1.82, 2.24) is 5.32 Å². The predicted octanol–water partition coefficient (Wildman–Crippen LogP) is 7.91. The van der Waals surface area contributed by atoms with Gasteiger partial charge in [-0.2, -0.15) is 13.2 Å². The van der Waals surface area contributed by atoms with Crippen molar-refractivity contribution in [2.24, 2.45) is 0 Å². The van der Waals surface area contributed by atoms with Crippen molar-refractivity contribution < 1.29 is 18.0 Å². The summed E-state index contributed by atoms with van der Waals surface area (Å²) in [6.45, 7) is 3.66. The molecule has 0 saturated carbocycles. The Bertz CT molecular complexity index is 922. The van der Waals surface area contributed by atoms with E-state index < -0.39 is 12.1 Å². The maximum absolute atomic E-state index is 13.6. The molecule has 1 unspecified atom stereocenters. The van der Waals surface area contributed by atoms with Crippen molar-refractivity contribution in [2.45, 2.75) is 32.0 Å². The van der Waals surface area contributed by atoms with Gasteiger partial charge in [0.25, 0.3) is 5.91 Å². The summed E-state index contributed by atoms with van der Waals surface area (Å²) in [5, 5.41) is 2.64. The predicted molar refractivity (Wildman–Crippen MR) is 116 cm³/mol. The van der Waals surface area contributed by atoms with Crippen LogP contribution in [-0.4, -0.2) is 18.1 Å². The van der Waals surface area contributed by atoms with E-state index in [1.54, 1.807) is 18.2 Å². The summed E-state index contributed by atoms with van der Waals surface area (Å²) in [6.07, 6.45) is -2.24. The lowest BCUT2D eigenvalue weighted by Crippen LogP contribution is -2.30. The first-order valence-corrected chi connectivity index (χ1v) is 10.3. The third-order valence-electron chi connectivity index (χ3n) is 3.86. The SMILES string of the molecule is CC(C)NC(=O)c1ccc(/C=C/C(c2cc(Cl)c(Cl)c(Cl)c2)C(F)(F)F)cc1Br. The number of halogens is 7. The monoisotopic (exact) mass is 527 g/mol. The Labute approximate surface area is 190 Å². The number of amides is 1. The summed E-state index contributed by atoms with van der Waals surface area (Å²) in [7, 11) is 0. The van der Waals surface area contributed by atoms with E-state index in [2.05, 4.69) is 21.2 Å². The molecule has 2 nitrogen and oxygen atoms in total. The third-order valence-corrected chi connectivity index (χ3v) is 5.71. The molecule has 2 aromatic rings. The number of alkyl halides is 3. The number of carbonyl (C=O) groups is 1. The van der Waals surface area contributed by atoms with Gasteiger partial charge in [-0.3, -0.25) is 4.79 Å². The first-order chi connectivity index (χ1) is 13.4. The minimum absolute atomic E-state index is 0.00109. The molecule has 0 aliphatic heterocycles. The molecule has 2 rings (SSSR count). The van der Waals surface area contributed by atoms with Gasteiger partial charge in [0, 0.05) is 10.5 Å². The number of hydrogen-bond acceptors (Lipinski definition) is 1. The summed E-state index contributed by atoms with van der Waals surface area (Å²) < 4.78 is 41.3. The van der Waals surface area contributed by atoms with Crippen LogP contribution in [0.1, 0.15) is 41.3 Å². The Balaban J connectivity index is 2.35. The highest BCUT2D eigenvalue weighted by Gasteiger charge is 2.39. The number of allylic oxidation sites excluding steroid dienone is 1. The second-order valence-electron chi connectivity index (χ2n) is 6.54. The zero-order valence-electron chi connectivity index (χ0n) is 15.3. The minimum Gasteiger partial charge on any atom is -0.350 e. The second kappa shape index (κ2) is 9.73. The first kappa shape index (κ1) is 24.1. The molecule has 0 aromatic heterocycles. The van der Waals surface area contributed by atoms with Crippen molar-refractivity contribution in [3.8, 4) is 0 Å². The quantitative estimate of drug-likeness (QED) is 0.392. The highest BCUT2D eigenvalue weighted by molar-refractivity contribution is 9.10. The second-order valence-corrected chi connectivity index (χ2v) is 8.59. The van der Waals surface area contributed by atoms with Crippen LogP contribution in [0.25, 0.3) is 6.08 Å². The average Bonchev–Trinajstić information content (AvgIpc) is 2.57. The Morgan fingerprint density at radius 3 is 2.17 bits per heavy atom. The van der Waals surface area contributed by atoms with Crippen molar-refractivity contribution >= 4 is 62.7 Å². The molecule has 0 spiro atoms. The summed E-state index contributed by atoms with van der Waals surface area (Å²) in [5.41, 5.74) is 0.748. The van der Waals surface area contributed by atoms with Crippen LogP contribution in [-0.2, 0) is 0 Å². The van der Waals surface area contributed by atoms with Gasteiger partial charge in [-0.05, 0) is 65.2 Å². The molecule has 1 amide bonds. The molecule has 9 heteroatoms. The maximum atomic E-state index is 13.6. The molecule has 1 atom stereocenters. The van der Waals surface area contributed by atoms with Gasteiger partial charge in [0.1, 0.15) is 0 Å².